The zero-order valence-corrected chi connectivity index (χ0v) is 20.7. The third-order valence-electron chi connectivity index (χ3n) is 6.23. The number of rotatable bonds is 22. The van der Waals surface area contributed by atoms with Crippen molar-refractivity contribution in [3.63, 3.8) is 0 Å². The summed E-state index contributed by atoms with van der Waals surface area (Å²) in [7, 11) is -4.05. The van der Waals surface area contributed by atoms with E-state index in [1.54, 1.807) is 0 Å². The first-order chi connectivity index (χ1) is 13.9. The highest BCUT2D eigenvalue weighted by molar-refractivity contribution is 7.85. The maximum Gasteiger partial charge on any atom is 0.0945 e. The molecule has 0 aromatic rings. The monoisotopic (exact) mass is 433 g/mol. The number of quaternary nitrogens is 1. The summed E-state index contributed by atoms with van der Waals surface area (Å²) in [4.78, 5) is 0. The number of nitrogens with zero attached hydrogens (tertiary/aromatic N) is 1. The van der Waals surface area contributed by atoms with Crippen LogP contribution < -0.4 is 0 Å². The van der Waals surface area contributed by atoms with E-state index in [0.29, 0.717) is 6.42 Å². The van der Waals surface area contributed by atoms with Crippen LogP contribution in [0.2, 0.25) is 0 Å². The van der Waals surface area contributed by atoms with Crippen LogP contribution in [0.15, 0.2) is 0 Å². The Kier molecular flexibility index (Phi) is 18.5. The molecule has 176 valence electrons. The molecule has 0 aromatic carbocycles. The van der Waals surface area contributed by atoms with E-state index in [4.69, 9.17) is 0 Å². The Balaban J connectivity index is 4.69. The fourth-order valence-electron chi connectivity index (χ4n) is 4.37. The summed E-state index contributed by atoms with van der Waals surface area (Å²) in [6.45, 7) is 12.0. The van der Waals surface area contributed by atoms with Gasteiger partial charge in [0.15, 0.2) is 0 Å². The van der Waals surface area contributed by atoms with E-state index in [2.05, 4.69) is 20.8 Å². The Hall–Kier alpha value is -0.130. The molecule has 0 rings (SSSR count). The number of hydrogen-bond acceptors (Lipinski definition) is 3. The van der Waals surface area contributed by atoms with Crippen LogP contribution in [-0.4, -0.2) is 49.4 Å². The molecular weight excluding hydrogens is 382 g/mol. The SMILES string of the molecule is CCCCCC[N+](CCCCCC)(CCCCCC)CCCCCCS(=O)(=O)[O-]. The lowest BCUT2D eigenvalue weighted by Crippen LogP contribution is -2.50. The Bertz CT molecular complexity index is 420. The quantitative estimate of drug-likeness (QED) is 0.109. The molecule has 0 saturated carbocycles. The molecule has 0 bridgehead atoms. The maximum atomic E-state index is 10.8. The Morgan fingerprint density at radius 3 is 1.14 bits per heavy atom. The maximum absolute atomic E-state index is 10.8. The van der Waals surface area contributed by atoms with Crippen molar-refractivity contribution in [3.8, 4) is 0 Å². The van der Waals surface area contributed by atoms with Crippen molar-refractivity contribution >= 4 is 10.1 Å². The van der Waals surface area contributed by atoms with Gasteiger partial charge in [-0.3, -0.25) is 0 Å². The fraction of sp³-hybridized carbons (Fsp3) is 1.00. The van der Waals surface area contributed by atoms with Crippen LogP contribution in [0, 0.1) is 0 Å². The van der Waals surface area contributed by atoms with E-state index in [1.807, 2.05) is 0 Å². The first kappa shape index (κ1) is 28.9. The summed E-state index contributed by atoms with van der Waals surface area (Å²) < 4.78 is 33.6. The molecule has 0 amide bonds. The van der Waals surface area contributed by atoms with E-state index in [1.165, 1.54) is 108 Å². The molecule has 0 aliphatic heterocycles. The van der Waals surface area contributed by atoms with Crippen molar-refractivity contribution in [1.82, 2.24) is 0 Å². The van der Waals surface area contributed by atoms with Gasteiger partial charge in [0, 0.05) is 5.75 Å². The summed E-state index contributed by atoms with van der Waals surface area (Å²) in [5.74, 6) is -0.196. The summed E-state index contributed by atoms with van der Waals surface area (Å²) in [6, 6.07) is 0. The summed E-state index contributed by atoms with van der Waals surface area (Å²) in [6.07, 6.45) is 19.5. The first-order valence-electron chi connectivity index (χ1n) is 12.7. The summed E-state index contributed by atoms with van der Waals surface area (Å²) in [5.41, 5.74) is 0. The van der Waals surface area contributed by atoms with Crippen molar-refractivity contribution in [2.75, 3.05) is 31.9 Å². The molecule has 0 aliphatic rings. The minimum atomic E-state index is -4.05. The Morgan fingerprint density at radius 2 is 0.828 bits per heavy atom. The van der Waals surface area contributed by atoms with Gasteiger partial charge in [-0.1, -0.05) is 65.7 Å². The Morgan fingerprint density at radius 1 is 0.517 bits per heavy atom. The molecule has 5 heteroatoms. The van der Waals surface area contributed by atoms with Crippen LogP contribution in [0.3, 0.4) is 0 Å². The van der Waals surface area contributed by atoms with Gasteiger partial charge in [-0.2, -0.15) is 0 Å². The zero-order chi connectivity index (χ0) is 21.8. The van der Waals surface area contributed by atoms with Crippen molar-refractivity contribution in [3.05, 3.63) is 0 Å². The smallest absolute Gasteiger partial charge is 0.0945 e. The molecule has 0 unspecified atom stereocenters. The molecule has 0 aromatic heterocycles. The van der Waals surface area contributed by atoms with Gasteiger partial charge in [0.05, 0.1) is 36.3 Å². The molecule has 0 spiro atoms. The van der Waals surface area contributed by atoms with Gasteiger partial charge >= 0.3 is 0 Å². The van der Waals surface area contributed by atoms with Crippen molar-refractivity contribution in [2.24, 2.45) is 0 Å². The van der Waals surface area contributed by atoms with Crippen LogP contribution >= 0.6 is 0 Å². The molecule has 0 heterocycles. The van der Waals surface area contributed by atoms with Crippen LogP contribution in [0.4, 0.5) is 0 Å². The minimum Gasteiger partial charge on any atom is -0.748 e. The molecular formula is C24H51NO3S. The van der Waals surface area contributed by atoms with Crippen LogP contribution in [0.5, 0.6) is 0 Å². The highest BCUT2D eigenvalue weighted by Crippen LogP contribution is 2.19. The van der Waals surface area contributed by atoms with Crippen molar-refractivity contribution in [2.45, 2.75) is 124 Å². The topological polar surface area (TPSA) is 57.2 Å². The highest BCUT2D eigenvalue weighted by Gasteiger charge is 2.25. The second-order valence-corrected chi connectivity index (χ2v) is 10.6. The largest absolute Gasteiger partial charge is 0.748 e. The molecule has 0 atom stereocenters. The average Bonchev–Trinajstić information content (AvgIpc) is 2.67. The van der Waals surface area contributed by atoms with Crippen molar-refractivity contribution in [1.29, 1.82) is 0 Å². The highest BCUT2D eigenvalue weighted by atomic mass is 32.2. The van der Waals surface area contributed by atoms with E-state index >= 15 is 0 Å². The van der Waals surface area contributed by atoms with Gasteiger partial charge in [-0.05, 0) is 57.8 Å². The van der Waals surface area contributed by atoms with Gasteiger partial charge in [0.25, 0.3) is 0 Å². The zero-order valence-electron chi connectivity index (χ0n) is 19.9. The van der Waals surface area contributed by atoms with E-state index in [-0.39, 0.29) is 5.75 Å². The average molecular weight is 434 g/mol. The molecule has 0 fully saturated rings. The lowest BCUT2D eigenvalue weighted by Gasteiger charge is -2.39. The van der Waals surface area contributed by atoms with E-state index in [9.17, 15) is 13.0 Å². The molecule has 0 N–H and O–H groups in total. The number of hydrogen-bond donors (Lipinski definition) is 0. The lowest BCUT2D eigenvalue weighted by molar-refractivity contribution is -0.929. The van der Waals surface area contributed by atoms with Crippen molar-refractivity contribution < 1.29 is 17.5 Å². The normalized spacial score (nSPS) is 12.6. The van der Waals surface area contributed by atoms with Gasteiger partial charge < -0.3 is 9.04 Å². The predicted molar refractivity (Wildman–Crippen MR) is 125 cm³/mol. The summed E-state index contributed by atoms with van der Waals surface area (Å²) >= 11 is 0. The van der Waals surface area contributed by atoms with Crippen LogP contribution in [0.25, 0.3) is 0 Å². The van der Waals surface area contributed by atoms with Crippen LogP contribution in [0.1, 0.15) is 124 Å². The Labute approximate surface area is 183 Å². The summed E-state index contributed by atoms with van der Waals surface area (Å²) in [5, 5.41) is 0. The fourth-order valence-corrected chi connectivity index (χ4v) is 4.93. The third kappa shape index (κ3) is 18.4. The first-order valence-corrected chi connectivity index (χ1v) is 14.3. The molecule has 4 nitrogen and oxygen atoms in total. The third-order valence-corrected chi connectivity index (χ3v) is 7.02. The molecule has 0 radical (unpaired) electrons. The standard InChI is InChI=1S/C24H51NO3S/c1-4-7-10-15-20-25(21-16-11-8-5-2,22-17-12-9-6-3)23-18-13-14-19-24-29(26,27)28/h4-24H2,1-3H3. The van der Waals surface area contributed by atoms with Gasteiger partial charge in [0.1, 0.15) is 0 Å². The second kappa shape index (κ2) is 18.6. The minimum absolute atomic E-state index is 0.196. The van der Waals surface area contributed by atoms with E-state index in [0.717, 1.165) is 19.3 Å². The molecule has 0 saturated heterocycles. The van der Waals surface area contributed by atoms with E-state index < -0.39 is 10.1 Å². The molecule has 29 heavy (non-hydrogen) atoms. The van der Waals surface area contributed by atoms with Crippen LogP contribution in [-0.2, 0) is 10.1 Å². The second-order valence-electron chi connectivity index (χ2n) is 9.09. The van der Waals surface area contributed by atoms with Gasteiger partial charge in [0.2, 0.25) is 0 Å². The number of unbranched alkanes of at least 4 members (excludes halogenated alkanes) is 12. The molecule has 0 aliphatic carbocycles. The lowest BCUT2D eigenvalue weighted by atomic mass is 10.1. The van der Waals surface area contributed by atoms with Gasteiger partial charge in [-0.25, -0.2) is 8.42 Å². The predicted octanol–water partition coefficient (Wildman–Crippen LogP) is 6.65. The van der Waals surface area contributed by atoms with Gasteiger partial charge in [-0.15, -0.1) is 0 Å².